The quantitative estimate of drug-likeness (QED) is 0.616. The Morgan fingerprint density at radius 2 is 2.50 bits per heavy atom. The first-order valence-electron chi connectivity index (χ1n) is 4.91. The summed E-state index contributed by atoms with van der Waals surface area (Å²) in [7, 11) is 0. The van der Waals surface area contributed by atoms with Gasteiger partial charge in [-0.2, -0.15) is 11.8 Å². The molecule has 0 spiro atoms. The Kier molecular flexibility index (Phi) is 3.49. The lowest BCUT2D eigenvalue weighted by Gasteiger charge is -2.22. The Labute approximate surface area is 93.2 Å². The van der Waals surface area contributed by atoms with Gasteiger partial charge in [-0.1, -0.05) is 0 Å². The van der Waals surface area contributed by atoms with Crippen molar-refractivity contribution in [2.24, 2.45) is 11.8 Å². The number of nitrogens with one attached hydrogen (secondary N) is 1. The van der Waals surface area contributed by atoms with Crippen LogP contribution in [0.15, 0.2) is 11.4 Å². The van der Waals surface area contributed by atoms with E-state index in [1.54, 1.807) is 11.3 Å². The molecule has 2 heterocycles. The molecule has 1 aliphatic heterocycles. The van der Waals surface area contributed by atoms with Crippen molar-refractivity contribution in [3.8, 4) is 0 Å². The SMILES string of the molecule is Cc1sccc1C(NN)C1CCSC1. The van der Waals surface area contributed by atoms with Crippen LogP contribution in [0.5, 0.6) is 0 Å². The van der Waals surface area contributed by atoms with Crippen LogP contribution in [0, 0.1) is 12.8 Å². The molecule has 1 aliphatic rings. The molecular weight excluding hydrogens is 212 g/mol. The largest absolute Gasteiger partial charge is 0.271 e. The summed E-state index contributed by atoms with van der Waals surface area (Å²) in [5, 5.41) is 2.15. The molecule has 2 nitrogen and oxygen atoms in total. The number of hydrogen-bond acceptors (Lipinski definition) is 4. The van der Waals surface area contributed by atoms with Gasteiger partial charge in [-0.05, 0) is 47.8 Å². The second kappa shape index (κ2) is 4.66. The monoisotopic (exact) mass is 228 g/mol. The van der Waals surface area contributed by atoms with Crippen LogP contribution in [0.3, 0.4) is 0 Å². The number of rotatable bonds is 3. The molecular formula is C10H16N2S2. The summed E-state index contributed by atoms with van der Waals surface area (Å²) in [6.07, 6.45) is 1.29. The van der Waals surface area contributed by atoms with Gasteiger partial charge in [0.2, 0.25) is 0 Å². The lowest BCUT2D eigenvalue weighted by molar-refractivity contribution is 0.400. The summed E-state index contributed by atoms with van der Waals surface area (Å²) in [6, 6.07) is 2.56. The highest BCUT2D eigenvalue weighted by Crippen LogP contribution is 2.36. The molecule has 4 heteroatoms. The van der Waals surface area contributed by atoms with Gasteiger partial charge in [0.25, 0.3) is 0 Å². The third kappa shape index (κ3) is 1.98. The van der Waals surface area contributed by atoms with Gasteiger partial charge < -0.3 is 0 Å². The van der Waals surface area contributed by atoms with Crippen LogP contribution in [0.25, 0.3) is 0 Å². The van der Waals surface area contributed by atoms with Crippen LogP contribution in [0.2, 0.25) is 0 Å². The first-order chi connectivity index (χ1) is 6.83. The van der Waals surface area contributed by atoms with E-state index in [0.29, 0.717) is 12.0 Å². The van der Waals surface area contributed by atoms with E-state index in [2.05, 4.69) is 23.8 Å². The fraction of sp³-hybridized carbons (Fsp3) is 0.600. The summed E-state index contributed by atoms with van der Waals surface area (Å²) in [5.41, 5.74) is 4.37. The molecule has 1 fully saturated rings. The molecule has 0 radical (unpaired) electrons. The molecule has 0 amide bonds. The van der Waals surface area contributed by atoms with Crippen LogP contribution in [0.4, 0.5) is 0 Å². The average molecular weight is 228 g/mol. The predicted octanol–water partition coefficient (Wildman–Crippen LogP) is 2.31. The van der Waals surface area contributed by atoms with Gasteiger partial charge in [0.15, 0.2) is 0 Å². The maximum absolute atomic E-state index is 5.66. The van der Waals surface area contributed by atoms with Crippen molar-refractivity contribution in [1.29, 1.82) is 0 Å². The Hall–Kier alpha value is -0.0300. The van der Waals surface area contributed by atoms with E-state index in [1.165, 1.54) is 28.4 Å². The number of thiophene rings is 1. The van der Waals surface area contributed by atoms with E-state index in [1.807, 2.05) is 11.8 Å². The molecule has 2 atom stereocenters. The molecule has 1 saturated heterocycles. The zero-order chi connectivity index (χ0) is 9.97. The fourth-order valence-corrected chi connectivity index (χ4v) is 4.06. The van der Waals surface area contributed by atoms with Crippen molar-refractivity contribution in [1.82, 2.24) is 5.43 Å². The number of aryl methyl sites for hydroxylation is 1. The molecule has 1 aromatic rings. The molecule has 0 bridgehead atoms. The average Bonchev–Trinajstić information content (AvgIpc) is 2.80. The van der Waals surface area contributed by atoms with E-state index in [9.17, 15) is 0 Å². The molecule has 2 rings (SSSR count). The minimum Gasteiger partial charge on any atom is -0.271 e. The lowest BCUT2D eigenvalue weighted by atomic mass is 9.93. The van der Waals surface area contributed by atoms with Gasteiger partial charge in [-0.3, -0.25) is 11.3 Å². The summed E-state index contributed by atoms with van der Waals surface area (Å²) in [6.45, 7) is 2.17. The third-order valence-corrected chi connectivity index (χ3v) is 4.90. The van der Waals surface area contributed by atoms with Gasteiger partial charge in [0, 0.05) is 4.88 Å². The van der Waals surface area contributed by atoms with E-state index < -0.39 is 0 Å². The third-order valence-electron chi connectivity index (χ3n) is 2.85. The lowest BCUT2D eigenvalue weighted by Crippen LogP contribution is -2.33. The molecule has 2 unspecified atom stereocenters. The smallest absolute Gasteiger partial charge is 0.0507 e. The second-order valence-corrected chi connectivity index (χ2v) is 5.97. The number of nitrogens with two attached hydrogens (primary N) is 1. The van der Waals surface area contributed by atoms with Crippen LogP contribution in [0.1, 0.15) is 22.9 Å². The fourth-order valence-electron chi connectivity index (χ4n) is 2.01. The molecule has 0 aromatic carbocycles. The Bertz CT molecular complexity index is 292. The van der Waals surface area contributed by atoms with Crippen molar-refractivity contribution in [3.63, 3.8) is 0 Å². The Balaban J connectivity index is 2.16. The summed E-state index contributed by atoms with van der Waals surface area (Å²) < 4.78 is 0. The van der Waals surface area contributed by atoms with E-state index in [-0.39, 0.29) is 0 Å². The van der Waals surface area contributed by atoms with Crippen molar-refractivity contribution in [2.45, 2.75) is 19.4 Å². The van der Waals surface area contributed by atoms with E-state index in [4.69, 9.17) is 5.84 Å². The summed E-state index contributed by atoms with van der Waals surface area (Å²) in [5.74, 6) is 8.89. The van der Waals surface area contributed by atoms with Crippen LogP contribution in [-0.4, -0.2) is 11.5 Å². The molecule has 78 valence electrons. The van der Waals surface area contributed by atoms with Crippen LogP contribution >= 0.6 is 23.1 Å². The van der Waals surface area contributed by atoms with Gasteiger partial charge >= 0.3 is 0 Å². The van der Waals surface area contributed by atoms with Crippen molar-refractivity contribution in [3.05, 3.63) is 21.9 Å². The number of hydrogen-bond donors (Lipinski definition) is 2. The Morgan fingerprint density at radius 3 is 3.00 bits per heavy atom. The maximum atomic E-state index is 5.66. The number of thioether (sulfide) groups is 1. The summed E-state index contributed by atoms with van der Waals surface area (Å²) in [4.78, 5) is 1.39. The molecule has 3 N–H and O–H groups in total. The van der Waals surface area contributed by atoms with Crippen molar-refractivity contribution >= 4 is 23.1 Å². The van der Waals surface area contributed by atoms with Crippen LogP contribution < -0.4 is 11.3 Å². The molecule has 0 saturated carbocycles. The first-order valence-corrected chi connectivity index (χ1v) is 6.94. The zero-order valence-electron chi connectivity index (χ0n) is 8.32. The minimum atomic E-state index is 0.358. The maximum Gasteiger partial charge on any atom is 0.0507 e. The summed E-state index contributed by atoms with van der Waals surface area (Å²) >= 11 is 3.84. The van der Waals surface area contributed by atoms with Crippen molar-refractivity contribution in [2.75, 3.05) is 11.5 Å². The minimum absolute atomic E-state index is 0.358. The zero-order valence-corrected chi connectivity index (χ0v) is 9.96. The van der Waals surface area contributed by atoms with Crippen molar-refractivity contribution < 1.29 is 0 Å². The highest BCUT2D eigenvalue weighted by atomic mass is 32.2. The first kappa shape index (κ1) is 10.5. The highest BCUT2D eigenvalue weighted by molar-refractivity contribution is 7.99. The topological polar surface area (TPSA) is 38.0 Å². The predicted molar refractivity (Wildman–Crippen MR) is 64.6 cm³/mol. The van der Waals surface area contributed by atoms with Gasteiger partial charge in [0.05, 0.1) is 6.04 Å². The highest BCUT2D eigenvalue weighted by Gasteiger charge is 2.27. The van der Waals surface area contributed by atoms with Gasteiger partial charge in [0.1, 0.15) is 0 Å². The molecule has 14 heavy (non-hydrogen) atoms. The van der Waals surface area contributed by atoms with Gasteiger partial charge in [-0.15, -0.1) is 11.3 Å². The normalized spacial score (nSPS) is 24.0. The number of hydrazine groups is 1. The standard InChI is InChI=1S/C10H16N2S2/c1-7-9(3-5-14-7)10(12-11)8-2-4-13-6-8/h3,5,8,10,12H,2,4,6,11H2,1H3. The molecule has 0 aliphatic carbocycles. The van der Waals surface area contributed by atoms with Gasteiger partial charge in [-0.25, -0.2) is 0 Å². The second-order valence-electron chi connectivity index (χ2n) is 3.70. The molecule has 1 aromatic heterocycles. The Morgan fingerprint density at radius 1 is 1.64 bits per heavy atom. The van der Waals surface area contributed by atoms with E-state index >= 15 is 0 Å². The van der Waals surface area contributed by atoms with Crippen LogP contribution in [-0.2, 0) is 0 Å². The van der Waals surface area contributed by atoms with E-state index in [0.717, 1.165) is 0 Å².